The van der Waals surface area contributed by atoms with Crippen LogP contribution in [0.3, 0.4) is 0 Å². The Labute approximate surface area is 407 Å². The fourth-order valence-corrected chi connectivity index (χ4v) is 8.74. The highest BCUT2D eigenvalue weighted by molar-refractivity contribution is 7.61. The van der Waals surface area contributed by atoms with Gasteiger partial charge in [-0.2, -0.15) is 9.29 Å². The SMILES string of the molecule is CC/C=C\C/C=C\C/C=C\C/C=C\C=C\C(O)CCCC(=O)OC[C@H](COP(=O)(O)OP(=O)(O)OC[C@H]1O[C@@H](n2ccc(N)nc2=O)[C@H](O)[C@@H]1O)OC(=O)CCCCCCC/C=C\CCCCCC. The molecule has 1 aromatic rings. The Morgan fingerprint density at radius 2 is 1.39 bits per heavy atom. The van der Waals surface area contributed by atoms with Crippen LogP contribution >= 0.6 is 15.6 Å². The minimum atomic E-state index is -5.46. The van der Waals surface area contributed by atoms with Gasteiger partial charge in [-0.15, -0.1) is 0 Å². The average molecular weight is 1010 g/mol. The smallest absolute Gasteiger partial charge is 0.462 e. The number of hydrogen-bond acceptors (Lipinski definition) is 16. The number of aliphatic hydroxyl groups excluding tert-OH is 3. The molecule has 0 bridgehead atoms. The van der Waals surface area contributed by atoms with Gasteiger partial charge in [0.2, 0.25) is 0 Å². The Kier molecular flexibility index (Phi) is 32.1. The van der Waals surface area contributed by atoms with Crippen molar-refractivity contribution < 1.29 is 71.4 Å². The van der Waals surface area contributed by atoms with Crippen LogP contribution in [0.2, 0.25) is 0 Å². The number of phosphoric ester groups is 2. The molecule has 0 aromatic carbocycles. The molecule has 0 saturated carbocycles. The summed E-state index contributed by atoms with van der Waals surface area (Å²) in [6.07, 6.45) is 31.6. The molecule has 1 aliphatic heterocycles. The molecule has 1 aliphatic rings. The monoisotopic (exact) mass is 1010 g/mol. The van der Waals surface area contributed by atoms with Gasteiger partial charge in [0.15, 0.2) is 12.3 Å². The van der Waals surface area contributed by atoms with E-state index in [9.17, 15) is 48.6 Å². The van der Waals surface area contributed by atoms with Crippen molar-refractivity contribution >= 4 is 33.4 Å². The molecule has 7 N–H and O–H groups in total. The van der Waals surface area contributed by atoms with Gasteiger partial charge in [-0.1, -0.05) is 125 Å². The lowest BCUT2D eigenvalue weighted by molar-refractivity contribution is -0.161. The van der Waals surface area contributed by atoms with Gasteiger partial charge in [0.1, 0.15) is 30.7 Å². The average Bonchev–Trinajstić information content (AvgIpc) is 3.58. The Morgan fingerprint density at radius 3 is 2.06 bits per heavy atom. The minimum Gasteiger partial charge on any atom is -0.462 e. The lowest BCUT2D eigenvalue weighted by Crippen LogP contribution is -2.36. The number of hydrogen-bond donors (Lipinski definition) is 6. The summed E-state index contributed by atoms with van der Waals surface area (Å²) in [5.41, 5.74) is 4.56. The number of rotatable bonds is 38. The van der Waals surface area contributed by atoms with Gasteiger partial charge >= 0.3 is 33.3 Å². The highest BCUT2D eigenvalue weighted by atomic mass is 31.3. The first-order valence-electron chi connectivity index (χ1n) is 24.1. The van der Waals surface area contributed by atoms with Gasteiger partial charge in [0.05, 0.1) is 19.3 Å². The van der Waals surface area contributed by atoms with Crippen molar-refractivity contribution in [2.24, 2.45) is 0 Å². The van der Waals surface area contributed by atoms with Crippen molar-refractivity contribution in [3.63, 3.8) is 0 Å². The zero-order chi connectivity index (χ0) is 50.8. The summed E-state index contributed by atoms with van der Waals surface area (Å²) in [6.45, 7) is 1.80. The Morgan fingerprint density at radius 1 is 0.783 bits per heavy atom. The van der Waals surface area contributed by atoms with Gasteiger partial charge in [0, 0.05) is 19.0 Å². The number of nitrogens with two attached hydrogens (primary N) is 1. The van der Waals surface area contributed by atoms with Crippen LogP contribution in [-0.2, 0) is 46.3 Å². The minimum absolute atomic E-state index is 0.00445. The summed E-state index contributed by atoms with van der Waals surface area (Å²) in [7, 11) is -10.9. The fourth-order valence-electron chi connectivity index (χ4n) is 6.63. The summed E-state index contributed by atoms with van der Waals surface area (Å²) in [6, 6.07) is 1.23. The molecule has 0 aliphatic carbocycles. The number of carbonyl (C=O) groups is 2. The number of unbranched alkanes of at least 4 members (excludes halogenated alkanes) is 9. The van der Waals surface area contributed by atoms with Crippen LogP contribution in [0.1, 0.15) is 142 Å². The molecule has 0 radical (unpaired) electrons. The third-order valence-electron chi connectivity index (χ3n) is 10.4. The second-order valence-corrected chi connectivity index (χ2v) is 19.5. The molecule has 1 saturated heterocycles. The van der Waals surface area contributed by atoms with Crippen molar-refractivity contribution in [2.45, 2.75) is 173 Å². The lowest BCUT2D eigenvalue weighted by atomic mass is 10.1. The number of carbonyl (C=O) groups excluding carboxylic acids is 2. The van der Waals surface area contributed by atoms with Crippen molar-refractivity contribution in [2.75, 3.05) is 25.6 Å². The Hall–Kier alpha value is -3.84. The highest BCUT2D eigenvalue weighted by Crippen LogP contribution is 2.60. The van der Waals surface area contributed by atoms with Crippen molar-refractivity contribution in [3.8, 4) is 0 Å². The van der Waals surface area contributed by atoms with E-state index in [0.717, 1.165) is 75.0 Å². The quantitative estimate of drug-likeness (QED) is 0.0119. The van der Waals surface area contributed by atoms with Gasteiger partial charge in [-0.25, -0.2) is 13.9 Å². The first kappa shape index (κ1) is 61.3. The number of aromatic nitrogens is 2. The summed E-state index contributed by atoms with van der Waals surface area (Å²) in [4.78, 5) is 61.8. The Balaban J connectivity index is 1.88. The van der Waals surface area contributed by atoms with E-state index in [-0.39, 0.29) is 31.5 Å². The van der Waals surface area contributed by atoms with Gasteiger partial charge < -0.3 is 45.1 Å². The van der Waals surface area contributed by atoms with Crippen LogP contribution < -0.4 is 11.4 Å². The third kappa shape index (κ3) is 29.2. The molecule has 3 unspecified atom stereocenters. The molecule has 1 aromatic heterocycles. The number of nitrogens with zero attached hydrogens (tertiary/aromatic N) is 2. The maximum atomic E-state index is 12.8. The second kappa shape index (κ2) is 36.1. The van der Waals surface area contributed by atoms with E-state index in [2.05, 4.69) is 65.7 Å². The number of anilines is 1. The van der Waals surface area contributed by atoms with Crippen LogP contribution in [0.4, 0.5) is 5.82 Å². The van der Waals surface area contributed by atoms with E-state index in [4.69, 9.17) is 29.0 Å². The predicted octanol–water partition coefficient (Wildman–Crippen LogP) is 8.30. The van der Waals surface area contributed by atoms with Crippen molar-refractivity contribution in [3.05, 3.63) is 95.7 Å². The molecule has 390 valence electrons. The first-order chi connectivity index (χ1) is 33.1. The number of esters is 2. The summed E-state index contributed by atoms with van der Waals surface area (Å²) < 4.78 is 56.5. The van der Waals surface area contributed by atoms with E-state index in [1.807, 2.05) is 18.2 Å². The van der Waals surface area contributed by atoms with Crippen LogP contribution in [0.25, 0.3) is 0 Å². The predicted molar refractivity (Wildman–Crippen MR) is 262 cm³/mol. The maximum Gasteiger partial charge on any atom is 0.481 e. The number of nitrogen functional groups attached to an aromatic ring is 1. The van der Waals surface area contributed by atoms with Gasteiger partial charge in [0.25, 0.3) is 0 Å². The first-order valence-corrected chi connectivity index (χ1v) is 27.0. The molecular formula is C48H77N3O16P2. The molecule has 21 heteroatoms. The molecule has 0 spiro atoms. The summed E-state index contributed by atoms with van der Waals surface area (Å²) in [5, 5.41) is 31.2. The molecule has 2 rings (SSSR count). The van der Waals surface area contributed by atoms with E-state index in [0.29, 0.717) is 6.42 Å². The van der Waals surface area contributed by atoms with E-state index < -0.39 is 89.8 Å². The fraction of sp³-hybridized carbons (Fsp3) is 0.625. The van der Waals surface area contributed by atoms with Crippen molar-refractivity contribution in [1.29, 1.82) is 0 Å². The van der Waals surface area contributed by atoms with Crippen LogP contribution in [0, 0.1) is 0 Å². The van der Waals surface area contributed by atoms with E-state index in [1.165, 1.54) is 31.7 Å². The zero-order valence-electron chi connectivity index (χ0n) is 40.2. The molecular weight excluding hydrogens is 936 g/mol. The van der Waals surface area contributed by atoms with Crippen LogP contribution in [0.15, 0.2) is 90.0 Å². The molecule has 8 atom stereocenters. The number of allylic oxidation sites excluding steroid dienone is 11. The second-order valence-electron chi connectivity index (χ2n) is 16.4. The number of aliphatic hydroxyl groups is 3. The van der Waals surface area contributed by atoms with Crippen molar-refractivity contribution in [1.82, 2.24) is 9.55 Å². The topological polar surface area (TPSA) is 286 Å². The Bertz CT molecular complexity index is 1950. The largest absolute Gasteiger partial charge is 0.481 e. The van der Waals surface area contributed by atoms with Crippen LogP contribution in [-0.4, -0.2) is 96.9 Å². The lowest BCUT2D eigenvalue weighted by Gasteiger charge is -2.21. The van der Waals surface area contributed by atoms with Gasteiger partial charge in [-0.05, 0) is 76.7 Å². The molecule has 0 amide bonds. The van der Waals surface area contributed by atoms with E-state index >= 15 is 0 Å². The molecule has 1 fully saturated rings. The highest BCUT2D eigenvalue weighted by Gasteiger charge is 2.46. The molecule has 2 heterocycles. The number of phosphoric acid groups is 2. The maximum absolute atomic E-state index is 12.8. The molecule has 19 nitrogen and oxygen atoms in total. The third-order valence-corrected chi connectivity index (χ3v) is 13.0. The van der Waals surface area contributed by atoms with Gasteiger partial charge in [-0.3, -0.25) is 23.2 Å². The molecule has 69 heavy (non-hydrogen) atoms. The number of ether oxygens (including phenoxy) is 3. The standard InChI is InChI=1S/C48H77N3O16P2/c1-3-5-7-9-11-13-15-17-19-21-23-25-27-30-39(52)31-29-33-43(53)62-36-40(65-44(54)32-28-26-24-22-20-18-16-14-12-10-8-6-4-2)37-63-68(58,59)67-69(60,61)64-38-41-45(55)46(56)47(66-41)51-35-34-42(49)50-48(51)57/h5,7,11,13-14,16-17,19,23,25,27,30,34-35,39-41,45-47,52,55-56H,3-4,6,8-10,12,15,18,20-22,24,26,28-29,31-33,36-38H2,1-2H3,(H,58,59)(H,60,61)(H2,49,50,57)/b7-5-,13-11-,16-14-,19-17-,25-23-,30-27+/t39?,40-,41-,45-,46-,47-/m1/s1. The summed E-state index contributed by atoms with van der Waals surface area (Å²) >= 11 is 0. The zero-order valence-corrected chi connectivity index (χ0v) is 42.0. The van der Waals surface area contributed by atoms with Crippen LogP contribution in [0.5, 0.6) is 0 Å². The summed E-state index contributed by atoms with van der Waals surface area (Å²) in [5.74, 6) is -1.53. The normalized spacial score (nSPS) is 20.4. The van der Waals surface area contributed by atoms with E-state index in [1.54, 1.807) is 12.2 Å².